The van der Waals surface area contributed by atoms with E-state index in [4.69, 9.17) is 16.3 Å². The lowest BCUT2D eigenvalue weighted by atomic mass is 10.3. The van der Waals surface area contributed by atoms with Crippen molar-refractivity contribution in [3.63, 3.8) is 0 Å². The number of amides is 1. The molecule has 0 radical (unpaired) electrons. The van der Waals surface area contributed by atoms with Crippen LogP contribution in [0.2, 0.25) is 5.02 Å². The Labute approximate surface area is 178 Å². The molecule has 2 N–H and O–H groups in total. The molecule has 156 valence electrons. The van der Waals surface area contributed by atoms with E-state index in [1.165, 1.54) is 42.5 Å². The molecule has 30 heavy (non-hydrogen) atoms. The number of hydrogen-bond donors (Lipinski definition) is 2. The first kappa shape index (κ1) is 21.6. The number of carbonyl (C=O) groups is 1. The van der Waals surface area contributed by atoms with Crippen LogP contribution < -0.4 is 14.8 Å². The Balaban J connectivity index is 1.66. The average molecular weight is 449 g/mol. The zero-order chi connectivity index (χ0) is 21.7. The molecule has 0 bridgehead atoms. The largest absolute Gasteiger partial charge is 0.479 e. The summed E-state index contributed by atoms with van der Waals surface area (Å²) in [4.78, 5) is 12.3. The van der Waals surface area contributed by atoms with E-state index < -0.39 is 27.9 Å². The summed E-state index contributed by atoms with van der Waals surface area (Å²) < 4.78 is 46.3. The van der Waals surface area contributed by atoms with Crippen molar-refractivity contribution in [3.05, 3.63) is 83.6 Å². The van der Waals surface area contributed by atoms with Crippen LogP contribution in [0.1, 0.15) is 6.92 Å². The fraction of sp³-hybridized carbons (Fsp3) is 0.0952. The van der Waals surface area contributed by atoms with E-state index in [1.54, 1.807) is 31.2 Å². The number of rotatable bonds is 7. The van der Waals surface area contributed by atoms with Gasteiger partial charge in [0.25, 0.3) is 15.9 Å². The van der Waals surface area contributed by atoms with E-state index >= 15 is 0 Å². The number of nitrogens with one attached hydrogen (secondary N) is 2. The Hall–Kier alpha value is -3.10. The Morgan fingerprint density at radius 3 is 2.30 bits per heavy atom. The lowest BCUT2D eigenvalue weighted by Crippen LogP contribution is -2.30. The topological polar surface area (TPSA) is 84.5 Å². The van der Waals surface area contributed by atoms with Gasteiger partial charge in [-0.25, -0.2) is 12.8 Å². The van der Waals surface area contributed by atoms with Crippen LogP contribution in [-0.2, 0) is 14.8 Å². The molecule has 0 fully saturated rings. The van der Waals surface area contributed by atoms with Gasteiger partial charge in [-0.1, -0.05) is 35.9 Å². The maximum Gasteiger partial charge on any atom is 0.265 e. The van der Waals surface area contributed by atoms with Crippen LogP contribution in [-0.4, -0.2) is 20.4 Å². The van der Waals surface area contributed by atoms with E-state index in [0.29, 0.717) is 16.5 Å². The molecule has 0 saturated heterocycles. The molecule has 0 spiro atoms. The molecule has 1 atom stereocenters. The molecular weight excluding hydrogens is 431 g/mol. The number of carbonyl (C=O) groups excluding carboxylic acids is 1. The second kappa shape index (κ2) is 9.15. The minimum atomic E-state index is -3.98. The van der Waals surface area contributed by atoms with Gasteiger partial charge in [-0.3, -0.25) is 9.52 Å². The first-order valence-corrected chi connectivity index (χ1v) is 10.7. The molecule has 0 heterocycles. The number of halogens is 2. The molecule has 3 aromatic rings. The van der Waals surface area contributed by atoms with Crippen molar-refractivity contribution in [3.8, 4) is 5.75 Å². The van der Waals surface area contributed by atoms with Gasteiger partial charge in [0.15, 0.2) is 6.10 Å². The smallest absolute Gasteiger partial charge is 0.265 e. The zero-order valence-electron chi connectivity index (χ0n) is 15.8. The van der Waals surface area contributed by atoms with Gasteiger partial charge in [-0.2, -0.15) is 0 Å². The Morgan fingerprint density at radius 2 is 1.63 bits per heavy atom. The molecule has 1 unspecified atom stereocenters. The number of anilines is 2. The quantitative estimate of drug-likeness (QED) is 0.549. The summed E-state index contributed by atoms with van der Waals surface area (Å²) in [6.07, 6.45) is -0.837. The predicted molar refractivity (Wildman–Crippen MR) is 114 cm³/mol. The monoisotopic (exact) mass is 448 g/mol. The van der Waals surface area contributed by atoms with Gasteiger partial charge in [0.05, 0.1) is 15.6 Å². The lowest BCUT2D eigenvalue weighted by molar-refractivity contribution is -0.122. The van der Waals surface area contributed by atoms with Gasteiger partial charge in [0, 0.05) is 5.69 Å². The van der Waals surface area contributed by atoms with Crippen molar-refractivity contribution < 1.29 is 22.3 Å². The minimum absolute atomic E-state index is 0.0795. The van der Waals surface area contributed by atoms with Crippen LogP contribution in [0.3, 0.4) is 0 Å². The normalized spacial score (nSPS) is 12.1. The standard InChI is InChI=1S/C21H18ClFN2O4S/c1-14(29-20-9-5-2-6-17(20)22)21(26)24-15-10-12-16(13-11-15)30(27,28)25-19-8-4-3-7-18(19)23/h2-14,25H,1H3,(H,24,26). The number of sulfonamides is 1. The highest BCUT2D eigenvalue weighted by Crippen LogP contribution is 2.25. The lowest BCUT2D eigenvalue weighted by Gasteiger charge is -2.16. The van der Waals surface area contributed by atoms with Gasteiger partial charge in [-0.15, -0.1) is 0 Å². The van der Waals surface area contributed by atoms with Crippen molar-refractivity contribution >= 4 is 38.9 Å². The number of para-hydroxylation sites is 2. The van der Waals surface area contributed by atoms with Gasteiger partial charge in [0.1, 0.15) is 11.6 Å². The zero-order valence-corrected chi connectivity index (χ0v) is 17.4. The molecule has 3 rings (SSSR count). The predicted octanol–water partition coefficient (Wildman–Crippen LogP) is 4.69. The van der Waals surface area contributed by atoms with Gasteiger partial charge in [-0.05, 0) is 55.5 Å². The number of ether oxygens (including phenoxy) is 1. The van der Waals surface area contributed by atoms with E-state index in [-0.39, 0.29) is 10.6 Å². The average Bonchev–Trinajstić information content (AvgIpc) is 2.71. The highest BCUT2D eigenvalue weighted by Gasteiger charge is 2.18. The van der Waals surface area contributed by atoms with Gasteiger partial charge in [0.2, 0.25) is 0 Å². The fourth-order valence-electron chi connectivity index (χ4n) is 2.49. The molecule has 3 aromatic carbocycles. The summed E-state index contributed by atoms with van der Waals surface area (Å²) in [7, 11) is -3.98. The van der Waals surface area contributed by atoms with Crippen LogP contribution in [0.4, 0.5) is 15.8 Å². The first-order chi connectivity index (χ1) is 14.3. The summed E-state index contributed by atoms with van der Waals surface area (Å²) >= 11 is 6.02. The second-order valence-corrected chi connectivity index (χ2v) is 8.38. The van der Waals surface area contributed by atoms with Crippen LogP contribution in [0.25, 0.3) is 0 Å². The fourth-order valence-corrected chi connectivity index (χ4v) is 3.74. The molecule has 0 aliphatic carbocycles. The van der Waals surface area contributed by atoms with Crippen LogP contribution in [0.15, 0.2) is 77.7 Å². The SMILES string of the molecule is CC(Oc1ccccc1Cl)C(=O)Nc1ccc(S(=O)(=O)Nc2ccccc2F)cc1. The van der Waals surface area contributed by atoms with E-state index in [1.807, 2.05) is 0 Å². The van der Waals surface area contributed by atoms with Gasteiger partial charge >= 0.3 is 0 Å². The number of benzene rings is 3. The molecule has 0 aromatic heterocycles. The van der Waals surface area contributed by atoms with E-state index in [9.17, 15) is 17.6 Å². The maximum atomic E-state index is 13.7. The van der Waals surface area contributed by atoms with Crippen molar-refractivity contribution in [2.75, 3.05) is 10.0 Å². The van der Waals surface area contributed by atoms with E-state index in [2.05, 4.69) is 10.0 Å². The molecule has 1 amide bonds. The summed E-state index contributed by atoms with van der Waals surface area (Å²) in [6, 6.07) is 17.7. The summed E-state index contributed by atoms with van der Waals surface area (Å²) in [5, 5.41) is 3.02. The molecule has 9 heteroatoms. The first-order valence-electron chi connectivity index (χ1n) is 8.86. The second-order valence-electron chi connectivity index (χ2n) is 6.29. The molecular formula is C21H18ClFN2O4S. The Kier molecular flexibility index (Phi) is 6.59. The van der Waals surface area contributed by atoms with Crippen LogP contribution in [0.5, 0.6) is 5.75 Å². The highest BCUT2D eigenvalue weighted by molar-refractivity contribution is 7.92. The Bertz CT molecular complexity index is 1150. The third kappa shape index (κ3) is 5.28. The van der Waals surface area contributed by atoms with Gasteiger partial charge < -0.3 is 10.1 Å². The van der Waals surface area contributed by atoms with E-state index in [0.717, 1.165) is 6.07 Å². The third-order valence-corrected chi connectivity index (χ3v) is 5.75. The molecule has 0 aliphatic rings. The summed E-state index contributed by atoms with van der Waals surface area (Å²) in [5.41, 5.74) is 0.222. The third-order valence-electron chi connectivity index (χ3n) is 4.06. The van der Waals surface area contributed by atoms with Crippen molar-refractivity contribution in [1.29, 1.82) is 0 Å². The maximum absolute atomic E-state index is 13.7. The highest BCUT2D eigenvalue weighted by atomic mass is 35.5. The van der Waals surface area contributed by atoms with Crippen molar-refractivity contribution in [2.24, 2.45) is 0 Å². The minimum Gasteiger partial charge on any atom is -0.479 e. The molecule has 0 aliphatic heterocycles. The molecule has 0 saturated carbocycles. The Morgan fingerprint density at radius 1 is 1.00 bits per heavy atom. The molecule has 6 nitrogen and oxygen atoms in total. The van der Waals surface area contributed by atoms with Crippen LogP contribution in [0, 0.1) is 5.82 Å². The number of hydrogen-bond acceptors (Lipinski definition) is 4. The summed E-state index contributed by atoms with van der Waals surface area (Å²) in [5.74, 6) is -0.741. The van der Waals surface area contributed by atoms with Crippen molar-refractivity contribution in [2.45, 2.75) is 17.9 Å². The van der Waals surface area contributed by atoms with Crippen LogP contribution >= 0.6 is 11.6 Å². The van der Waals surface area contributed by atoms with Crippen molar-refractivity contribution in [1.82, 2.24) is 0 Å². The summed E-state index contributed by atoms with van der Waals surface area (Å²) in [6.45, 7) is 1.57.